The molecule has 5 rings (SSSR count). The Kier molecular flexibility index (Phi) is 4.70. The predicted octanol–water partition coefficient (Wildman–Crippen LogP) is 3.08. The average molecular weight is 435 g/mol. The second-order valence-electron chi connectivity index (χ2n) is 7.15. The van der Waals surface area contributed by atoms with Crippen LogP contribution < -0.4 is 10.3 Å². The lowest BCUT2D eigenvalue weighted by Gasteiger charge is -2.26. The highest BCUT2D eigenvalue weighted by atomic mass is 31.2. The number of nitrogen functional groups attached to an aromatic ring is 1. The number of para-hydroxylation sites is 1. The number of halogens is 1. The molecule has 4 heterocycles. The largest absolute Gasteiger partial charge is 0.530 e. The second-order valence-corrected chi connectivity index (χ2v) is 8.75. The van der Waals surface area contributed by atoms with Gasteiger partial charge in [0, 0.05) is 12.0 Å². The number of imidazole rings is 1. The van der Waals surface area contributed by atoms with E-state index in [0.717, 1.165) is 11.1 Å². The van der Waals surface area contributed by atoms with Crippen molar-refractivity contribution in [2.45, 2.75) is 38.5 Å². The van der Waals surface area contributed by atoms with Gasteiger partial charge in [-0.05, 0) is 12.5 Å². The van der Waals surface area contributed by atoms with E-state index in [9.17, 15) is 8.96 Å². The first-order valence-corrected chi connectivity index (χ1v) is 10.8. The van der Waals surface area contributed by atoms with Crippen LogP contribution in [0.3, 0.4) is 0 Å². The summed E-state index contributed by atoms with van der Waals surface area (Å²) in [5.41, 5.74) is 8.14. The summed E-state index contributed by atoms with van der Waals surface area (Å²) in [5.74, 6) is 0.690. The number of phosphoric acid groups is 1. The average Bonchev–Trinajstić information content (AvgIpc) is 3.31. The highest BCUT2D eigenvalue weighted by molar-refractivity contribution is 7.49. The maximum atomic E-state index is 14.7. The number of aromatic nitrogens is 4. The van der Waals surface area contributed by atoms with Crippen molar-refractivity contribution in [3.8, 4) is 5.75 Å². The highest BCUT2D eigenvalue weighted by Gasteiger charge is 2.41. The van der Waals surface area contributed by atoms with Gasteiger partial charge in [-0.25, -0.2) is 23.9 Å². The van der Waals surface area contributed by atoms with E-state index < -0.39 is 26.3 Å². The van der Waals surface area contributed by atoms with Gasteiger partial charge in [-0.3, -0.25) is 13.6 Å². The minimum Gasteiger partial charge on any atom is -0.403 e. The molecule has 2 aromatic heterocycles. The van der Waals surface area contributed by atoms with Crippen LogP contribution in [0.1, 0.15) is 23.8 Å². The van der Waals surface area contributed by atoms with Gasteiger partial charge in [0.1, 0.15) is 23.8 Å². The summed E-state index contributed by atoms with van der Waals surface area (Å²) in [7, 11) is -3.83. The van der Waals surface area contributed by atoms with E-state index in [-0.39, 0.29) is 25.5 Å². The van der Waals surface area contributed by atoms with Crippen LogP contribution in [-0.4, -0.2) is 38.4 Å². The van der Waals surface area contributed by atoms with Crippen LogP contribution in [0, 0.1) is 6.92 Å². The number of anilines is 1. The minimum absolute atomic E-state index is 0.0422. The summed E-state index contributed by atoms with van der Waals surface area (Å²) in [6.07, 6.45) is -0.231. The lowest BCUT2D eigenvalue weighted by atomic mass is 10.1. The van der Waals surface area contributed by atoms with Crippen molar-refractivity contribution in [1.82, 2.24) is 19.5 Å². The molecule has 12 heteroatoms. The summed E-state index contributed by atoms with van der Waals surface area (Å²) in [5, 5.41) is 0. The van der Waals surface area contributed by atoms with Crippen LogP contribution in [-0.2, 0) is 25.0 Å². The zero-order chi connectivity index (χ0) is 20.9. The zero-order valence-electron chi connectivity index (χ0n) is 16.0. The number of alkyl halides is 1. The Bertz CT molecular complexity index is 1160. The Morgan fingerprint density at radius 3 is 3.10 bits per heavy atom. The van der Waals surface area contributed by atoms with Crippen LogP contribution in [0.15, 0.2) is 30.9 Å². The molecule has 0 aliphatic carbocycles. The third-order valence-corrected chi connectivity index (χ3v) is 6.40. The number of hydrogen-bond donors (Lipinski definition) is 1. The number of aryl methyl sites for hydroxylation is 1. The first kappa shape index (κ1) is 19.4. The Morgan fingerprint density at radius 2 is 2.23 bits per heavy atom. The lowest BCUT2D eigenvalue weighted by molar-refractivity contribution is -0.0362. The fourth-order valence-corrected chi connectivity index (χ4v) is 4.90. The van der Waals surface area contributed by atoms with E-state index in [1.165, 1.54) is 17.2 Å². The summed E-state index contributed by atoms with van der Waals surface area (Å²) < 4.78 is 51.1. The van der Waals surface area contributed by atoms with Crippen molar-refractivity contribution < 1.29 is 27.3 Å². The molecule has 3 aromatic rings. The molecule has 1 fully saturated rings. The normalized spacial score (nSPS) is 28.4. The summed E-state index contributed by atoms with van der Waals surface area (Å²) in [6.45, 7) is 1.80. The SMILES string of the molecule is Cc1cccc2c1OP(=O)(OCC1CC(F)C(n3cnc4c(N)ncnc43)O1)OC2. The Morgan fingerprint density at radius 1 is 1.37 bits per heavy atom. The van der Waals surface area contributed by atoms with Crippen LogP contribution >= 0.6 is 7.82 Å². The number of fused-ring (bicyclic) bond motifs is 2. The van der Waals surface area contributed by atoms with Crippen molar-refractivity contribution in [1.29, 1.82) is 0 Å². The molecule has 0 amide bonds. The van der Waals surface area contributed by atoms with E-state index in [4.69, 9.17) is 24.0 Å². The first-order valence-electron chi connectivity index (χ1n) is 9.33. The molecule has 4 unspecified atom stereocenters. The molecule has 2 aliphatic rings. The van der Waals surface area contributed by atoms with Gasteiger partial charge in [0.25, 0.3) is 0 Å². The quantitative estimate of drug-likeness (QED) is 0.616. The molecule has 2 aliphatic heterocycles. The van der Waals surface area contributed by atoms with Gasteiger partial charge in [-0.1, -0.05) is 18.2 Å². The van der Waals surface area contributed by atoms with Gasteiger partial charge in [0.2, 0.25) is 0 Å². The molecule has 10 nitrogen and oxygen atoms in total. The van der Waals surface area contributed by atoms with Crippen molar-refractivity contribution >= 4 is 24.8 Å². The molecular formula is C18H19FN5O5P. The number of hydrogen-bond acceptors (Lipinski definition) is 9. The molecule has 1 aromatic carbocycles. The predicted molar refractivity (Wildman–Crippen MR) is 103 cm³/mol. The number of ether oxygens (including phenoxy) is 1. The molecule has 0 radical (unpaired) electrons. The summed E-state index contributed by atoms with van der Waals surface area (Å²) >= 11 is 0. The van der Waals surface area contributed by atoms with E-state index in [2.05, 4.69) is 15.0 Å². The Labute approximate surface area is 170 Å². The number of nitrogens with zero attached hydrogens (tertiary/aromatic N) is 4. The van der Waals surface area contributed by atoms with Gasteiger partial charge in [-0.2, -0.15) is 0 Å². The molecule has 0 saturated carbocycles. The minimum atomic E-state index is -3.83. The molecule has 2 N–H and O–H groups in total. The summed E-state index contributed by atoms with van der Waals surface area (Å²) in [4.78, 5) is 12.1. The first-order chi connectivity index (χ1) is 14.4. The topological polar surface area (TPSA) is 124 Å². The van der Waals surface area contributed by atoms with Crippen LogP contribution in [0.2, 0.25) is 0 Å². The van der Waals surface area contributed by atoms with Crippen molar-refractivity contribution in [3.63, 3.8) is 0 Å². The number of nitrogens with two attached hydrogens (primary N) is 1. The van der Waals surface area contributed by atoms with E-state index in [1.54, 1.807) is 0 Å². The van der Waals surface area contributed by atoms with Crippen LogP contribution in [0.5, 0.6) is 5.75 Å². The summed E-state index contributed by atoms with van der Waals surface area (Å²) in [6, 6.07) is 5.54. The van der Waals surface area contributed by atoms with Gasteiger partial charge in [0.05, 0.1) is 25.6 Å². The maximum absolute atomic E-state index is 14.7. The van der Waals surface area contributed by atoms with Gasteiger partial charge >= 0.3 is 7.82 Å². The van der Waals surface area contributed by atoms with Crippen LogP contribution in [0.4, 0.5) is 10.2 Å². The number of rotatable bonds is 4. The fourth-order valence-electron chi connectivity index (χ4n) is 3.59. The Balaban J connectivity index is 1.28. The monoisotopic (exact) mass is 435 g/mol. The molecule has 4 atom stereocenters. The third-order valence-electron chi connectivity index (χ3n) is 5.08. The highest BCUT2D eigenvalue weighted by Crippen LogP contribution is 2.55. The van der Waals surface area contributed by atoms with Crippen molar-refractivity contribution in [3.05, 3.63) is 42.0 Å². The molecule has 158 valence electrons. The van der Waals surface area contributed by atoms with Crippen molar-refractivity contribution in [2.75, 3.05) is 12.3 Å². The zero-order valence-corrected chi connectivity index (χ0v) is 16.9. The standard InChI is InChI=1S/C18H19FN5O5P/c1-10-3-2-4-11-6-26-30(25,29-15(10)11)27-7-12-5-13(19)18(28-12)24-9-23-14-16(20)21-8-22-17(14)24/h2-4,8-9,12-13,18H,5-7H2,1H3,(H2,20,21,22). The van der Waals surface area contributed by atoms with Gasteiger partial charge in [-0.15, -0.1) is 0 Å². The number of phosphoric ester groups is 1. The van der Waals surface area contributed by atoms with E-state index >= 15 is 0 Å². The smallest absolute Gasteiger partial charge is 0.403 e. The molecule has 30 heavy (non-hydrogen) atoms. The molecule has 1 saturated heterocycles. The van der Waals surface area contributed by atoms with Crippen LogP contribution in [0.25, 0.3) is 11.2 Å². The van der Waals surface area contributed by atoms with Crippen molar-refractivity contribution in [2.24, 2.45) is 0 Å². The van der Waals surface area contributed by atoms with E-state index in [0.29, 0.717) is 16.9 Å². The van der Waals surface area contributed by atoms with Gasteiger partial charge in [0.15, 0.2) is 17.7 Å². The van der Waals surface area contributed by atoms with Gasteiger partial charge < -0.3 is 15.0 Å². The molecule has 0 bridgehead atoms. The molecular weight excluding hydrogens is 416 g/mol. The molecule has 0 spiro atoms. The lowest BCUT2D eigenvalue weighted by Crippen LogP contribution is -2.19. The second kappa shape index (κ2) is 7.28. The third kappa shape index (κ3) is 3.33. The van der Waals surface area contributed by atoms with E-state index in [1.807, 2.05) is 25.1 Å². The maximum Gasteiger partial charge on any atom is 0.530 e. The number of benzene rings is 1. The Hall–Kier alpha value is -2.59. The fraction of sp³-hybridized carbons (Fsp3) is 0.389.